The van der Waals surface area contributed by atoms with Gasteiger partial charge < -0.3 is 0 Å². The van der Waals surface area contributed by atoms with E-state index >= 15 is 0 Å². The number of benzene rings is 2. The topological polar surface area (TPSA) is 0 Å². The molecular weight excluding hydrogens is 407 g/mol. The summed E-state index contributed by atoms with van der Waals surface area (Å²) >= 11 is 8.42. The van der Waals surface area contributed by atoms with E-state index in [4.69, 9.17) is 0 Å². The second-order valence-corrected chi connectivity index (χ2v) is 23.8. The van der Waals surface area contributed by atoms with Crippen LogP contribution in [0.3, 0.4) is 0 Å². The van der Waals surface area contributed by atoms with Crippen molar-refractivity contribution < 1.29 is 0 Å². The SMILES string of the molecule is CCCCP(Br)(Br)(Cc1ccccc1)Cc1ccccc1. The molecule has 2 aromatic carbocycles. The first-order chi connectivity index (χ1) is 10.00. The van der Waals surface area contributed by atoms with Crippen LogP contribution in [0.25, 0.3) is 0 Å². The van der Waals surface area contributed by atoms with Crippen LogP contribution >= 0.6 is 35.0 Å². The number of unbranched alkanes of at least 4 members (excludes halogenated alkanes) is 1. The summed E-state index contributed by atoms with van der Waals surface area (Å²) < 4.78 is -2.11. The molecule has 0 aliphatic rings. The van der Waals surface area contributed by atoms with Crippen LogP contribution in [0.2, 0.25) is 0 Å². The standard InChI is InChI=1S/C18H23Br2P/c1-2-3-14-21(19,20,15-17-10-6-4-7-11-17)16-18-12-8-5-9-13-18/h4-13H,2-3,14-16H2,1H3. The predicted octanol–water partition coefficient (Wildman–Crippen LogP) is 7.36. The summed E-state index contributed by atoms with van der Waals surface area (Å²) in [4.78, 5) is 0. The van der Waals surface area contributed by atoms with Crippen LogP contribution in [0.5, 0.6) is 0 Å². The third-order valence-corrected chi connectivity index (χ3v) is 12.3. The maximum absolute atomic E-state index is 4.21. The van der Waals surface area contributed by atoms with Gasteiger partial charge in [-0.25, -0.2) is 0 Å². The molecule has 0 heterocycles. The van der Waals surface area contributed by atoms with Crippen molar-refractivity contribution >= 4 is 35.0 Å². The Morgan fingerprint density at radius 3 is 1.57 bits per heavy atom. The molecule has 0 radical (unpaired) electrons. The molecule has 2 aromatic rings. The van der Waals surface area contributed by atoms with Crippen molar-refractivity contribution in [3.8, 4) is 0 Å². The normalized spacial score (nSPS) is 13.6. The van der Waals surface area contributed by atoms with Crippen molar-refractivity contribution in [2.75, 3.05) is 6.16 Å². The van der Waals surface area contributed by atoms with Gasteiger partial charge in [0.05, 0.1) is 0 Å². The summed E-state index contributed by atoms with van der Waals surface area (Å²) in [5.41, 5.74) is 2.83. The molecule has 0 bridgehead atoms. The number of rotatable bonds is 7. The van der Waals surface area contributed by atoms with Gasteiger partial charge in [-0.1, -0.05) is 0 Å². The van der Waals surface area contributed by atoms with Crippen molar-refractivity contribution in [3.63, 3.8) is 0 Å². The molecule has 0 spiro atoms. The summed E-state index contributed by atoms with van der Waals surface area (Å²) in [5, 5.41) is 0. The molecule has 0 atom stereocenters. The fourth-order valence-electron chi connectivity index (χ4n) is 2.67. The van der Waals surface area contributed by atoms with Gasteiger partial charge in [0, 0.05) is 0 Å². The van der Waals surface area contributed by atoms with Crippen molar-refractivity contribution in [1.82, 2.24) is 0 Å². The van der Waals surface area contributed by atoms with Gasteiger partial charge in [-0.3, -0.25) is 0 Å². The molecule has 0 aromatic heterocycles. The number of hydrogen-bond donors (Lipinski definition) is 0. The molecule has 0 amide bonds. The Morgan fingerprint density at radius 1 is 0.762 bits per heavy atom. The van der Waals surface area contributed by atoms with E-state index in [1.165, 1.54) is 30.1 Å². The van der Waals surface area contributed by atoms with E-state index in [2.05, 4.69) is 98.6 Å². The first-order valence-electron chi connectivity index (χ1n) is 7.52. The van der Waals surface area contributed by atoms with Gasteiger partial charge in [-0.05, 0) is 0 Å². The summed E-state index contributed by atoms with van der Waals surface area (Å²) in [6, 6.07) is 21.7. The molecule has 3 heteroatoms. The van der Waals surface area contributed by atoms with Crippen LogP contribution in [0, 0.1) is 0 Å². The van der Waals surface area contributed by atoms with Crippen LogP contribution in [0.15, 0.2) is 60.7 Å². The Labute approximate surface area is 144 Å². The van der Waals surface area contributed by atoms with E-state index in [9.17, 15) is 0 Å². The predicted molar refractivity (Wildman–Crippen MR) is 105 cm³/mol. The van der Waals surface area contributed by atoms with E-state index in [0.29, 0.717) is 0 Å². The summed E-state index contributed by atoms with van der Waals surface area (Å²) in [5.74, 6) is 0. The quantitative estimate of drug-likeness (QED) is 0.403. The summed E-state index contributed by atoms with van der Waals surface area (Å²) in [6.07, 6.45) is 5.92. The minimum absolute atomic E-state index is 1.10. The Morgan fingerprint density at radius 2 is 1.19 bits per heavy atom. The molecule has 21 heavy (non-hydrogen) atoms. The third kappa shape index (κ3) is 5.51. The van der Waals surface area contributed by atoms with Gasteiger partial charge in [0.2, 0.25) is 0 Å². The van der Waals surface area contributed by atoms with Crippen molar-refractivity contribution in [2.45, 2.75) is 32.1 Å². The second kappa shape index (κ2) is 7.40. The maximum atomic E-state index is 4.21. The molecule has 0 unspecified atom stereocenters. The molecule has 0 nitrogen and oxygen atoms in total. The molecule has 0 fully saturated rings. The average molecular weight is 430 g/mol. The third-order valence-electron chi connectivity index (χ3n) is 3.73. The van der Waals surface area contributed by atoms with Gasteiger partial charge in [0.25, 0.3) is 0 Å². The second-order valence-electron chi connectivity index (χ2n) is 5.82. The van der Waals surface area contributed by atoms with Crippen molar-refractivity contribution in [2.24, 2.45) is 0 Å². The monoisotopic (exact) mass is 428 g/mol. The molecule has 2 rings (SSSR count). The van der Waals surface area contributed by atoms with Crippen LogP contribution in [-0.2, 0) is 12.3 Å². The Bertz CT molecular complexity index is 506. The van der Waals surface area contributed by atoms with Crippen LogP contribution in [0.1, 0.15) is 30.9 Å². The molecule has 114 valence electrons. The molecule has 0 N–H and O–H groups in total. The zero-order valence-electron chi connectivity index (χ0n) is 12.5. The van der Waals surface area contributed by atoms with Crippen molar-refractivity contribution in [3.05, 3.63) is 71.8 Å². The summed E-state index contributed by atoms with van der Waals surface area (Å²) in [7, 11) is 0. The Balaban J connectivity index is 2.25. The summed E-state index contributed by atoms with van der Waals surface area (Å²) in [6.45, 7) is 2.27. The van der Waals surface area contributed by atoms with E-state index in [-0.39, 0.29) is 0 Å². The van der Waals surface area contributed by atoms with Gasteiger partial charge in [-0.15, -0.1) is 0 Å². The van der Waals surface area contributed by atoms with E-state index in [0.717, 1.165) is 12.3 Å². The molecule has 0 aliphatic heterocycles. The zero-order valence-corrected chi connectivity index (χ0v) is 16.6. The Hall–Kier alpha value is -0.170. The van der Waals surface area contributed by atoms with Gasteiger partial charge in [0.1, 0.15) is 0 Å². The molecule has 0 aliphatic carbocycles. The number of hydrogen-bond acceptors (Lipinski definition) is 0. The fraction of sp³-hybridized carbons (Fsp3) is 0.333. The van der Waals surface area contributed by atoms with Gasteiger partial charge in [0.15, 0.2) is 0 Å². The van der Waals surface area contributed by atoms with E-state index in [1.54, 1.807) is 0 Å². The zero-order chi connectivity index (χ0) is 15.2. The van der Waals surface area contributed by atoms with Crippen molar-refractivity contribution in [1.29, 1.82) is 0 Å². The fourth-order valence-corrected chi connectivity index (χ4v) is 11.1. The van der Waals surface area contributed by atoms with Gasteiger partial charge >= 0.3 is 145 Å². The number of halogens is 2. The van der Waals surface area contributed by atoms with E-state index < -0.39 is 4.01 Å². The molecule has 0 saturated heterocycles. The first kappa shape index (κ1) is 17.2. The van der Waals surface area contributed by atoms with Crippen LogP contribution in [0.4, 0.5) is 0 Å². The average Bonchev–Trinajstić information content (AvgIpc) is 2.47. The van der Waals surface area contributed by atoms with Crippen LogP contribution in [-0.4, -0.2) is 6.16 Å². The first-order valence-corrected chi connectivity index (χ1v) is 14.4. The Kier molecular flexibility index (Phi) is 6.05. The van der Waals surface area contributed by atoms with Gasteiger partial charge in [-0.2, -0.15) is 0 Å². The molecular formula is C18H23Br2P. The van der Waals surface area contributed by atoms with Crippen LogP contribution < -0.4 is 0 Å². The minimum atomic E-state index is -2.11. The van der Waals surface area contributed by atoms with E-state index in [1.807, 2.05) is 0 Å². The molecule has 0 saturated carbocycles.